The Balaban J connectivity index is 1.39. The van der Waals surface area contributed by atoms with Crippen LogP contribution in [-0.4, -0.2) is 48.6 Å². The van der Waals surface area contributed by atoms with E-state index in [9.17, 15) is 14.4 Å². The zero-order valence-corrected chi connectivity index (χ0v) is 18.6. The highest BCUT2D eigenvalue weighted by Gasteiger charge is 2.24. The van der Waals surface area contributed by atoms with Crippen LogP contribution in [0, 0.1) is 17.1 Å². The summed E-state index contributed by atoms with van der Waals surface area (Å²) in [5.74, 6) is 0.278. The first-order valence-electron chi connectivity index (χ1n) is 10.5. The van der Waals surface area contributed by atoms with Crippen molar-refractivity contribution in [2.24, 2.45) is 0 Å². The molecule has 1 aliphatic heterocycles. The molecular formula is C24H23FN4O2S. The smallest absolute Gasteiger partial charge is 0.228 e. The third-order valence-electron chi connectivity index (χ3n) is 5.38. The molecule has 1 aliphatic rings. The van der Waals surface area contributed by atoms with Crippen molar-refractivity contribution in [1.82, 2.24) is 9.88 Å². The van der Waals surface area contributed by atoms with Crippen LogP contribution in [0.2, 0.25) is 0 Å². The minimum Gasteiger partial charge on any atom is -0.493 e. The van der Waals surface area contributed by atoms with Gasteiger partial charge in [0.1, 0.15) is 28.2 Å². The van der Waals surface area contributed by atoms with E-state index in [2.05, 4.69) is 4.98 Å². The van der Waals surface area contributed by atoms with Crippen molar-refractivity contribution in [2.45, 2.75) is 13.3 Å². The monoisotopic (exact) mass is 450 g/mol. The topological polar surface area (TPSA) is 69.5 Å². The molecule has 164 valence electrons. The van der Waals surface area contributed by atoms with Crippen LogP contribution in [0.4, 0.5) is 10.1 Å². The third kappa shape index (κ3) is 4.58. The lowest BCUT2D eigenvalue weighted by atomic mass is 10.1. The Kier molecular flexibility index (Phi) is 6.66. The summed E-state index contributed by atoms with van der Waals surface area (Å²) in [6.45, 7) is 4.65. The molecule has 32 heavy (non-hydrogen) atoms. The summed E-state index contributed by atoms with van der Waals surface area (Å²) >= 11 is 1.50. The van der Waals surface area contributed by atoms with Gasteiger partial charge in [0.05, 0.1) is 30.0 Å². The predicted octanol–water partition coefficient (Wildman–Crippen LogP) is 4.11. The Labute approximate surface area is 190 Å². The fourth-order valence-electron chi connectivity index (χ4n) is 3.79. The Morgan fingerprint density at radius 1 is 1.19 bits per heavy atom. The number of rotatable bonds is 6. The molecule has 0 radical (unpaired) electrons. The minimum absolute atomic E-state index is 0.0133. The van der Waals surface area contributed by atoms with Gasteiger partial charge in [0.2, 0.25) is 5.91 Å². The summed E-state index contributed by atoms with van der Waals surface area (Å²) < 4.78 is 19.6. The van der Waals surface area contributed by atoms with Gasteiger partial charge in [-0.1, -0.05) is 18.2 Å². The average molecular weight is 451 g/mol. The molecule has 6 nitrogen and oxygen atoms in total. The van der Waals surface area contributed by atoms with Crippen molar-refractivity contribution in [3.8, 4) is 22.4 Å². The zero-order valence-electron chi connectivity index (χ0n) is 17.8. The average Bonchev–Trinajstić information content (AvgIpc) is 3.28. The normalized spacial score (nSPS) is 13.7. The van der Waals surface area contributed by atoms with Gasteiger partial charge in [-0.25, -0.2) is 9.37 Å². The van der Waals surface area contributed by atoms with E-state index in [0.29, 0.717) is 38.5 Å². The van der Waals surface area contributed by atoms with E-state index in [1.165, 1.54) is 17.4 Å². The van der Waals surface area contributed by atoms with Crippen molar-refractivity contribution in [1.29, 1.82) is 5.26 Å². The number of carbonyl (C=O) groups is 1. The number of carbonyl (C=O) groups excluding carboxylic acids is 1. The number of aromatic nitrogens is 1. The van der Waals surface area contributed by atoms with Crippen LogP contribution in [0.5, 0.6) is 5.75 Å². The van der Waals surface area contributed by atoms with Crippen molar-refractivity contribution in [2.75, 3.05) is 37.7 Å². The van der Waals surface area contributed by atoms with E-state index in [0.717, 1.165) is 22.0 Å². The number of nitrogens with zero attached hydrogens (tertiary/aromatic N) is 4. The van der Waals surface area contributed by atoms with Gasteiger partial charge in [0, 0.05) is 31.6 Å². The Morgan fingerprint density at radius 2 is 1.97 bits per heavy atom. The number of anilines is 1. The maximum atomic E-state index is 13.9. The van der Waals surface area contributed by atoms with E-state index in [1.54, 1.807) is 17.0 Å². The molecule has 3 aromatic rings. The molecule has 1 saturated heterocycles. The van der Waals surface area contributed by atoms with Crippen molar-refractivity contribution >= 4 is 22.9 Å². The van der Waals surface area contributed by atoms with E-state index >= 15 is 0 Å². The Hall–Kier alpha value is -3.44. The maximum absolute atomic E-state index is 13.9. The lowest BCUT2D eigenvalue weighted by Crippen LogP contribution is -2.49. The van der Waals surface area contributed by atoms with Gasteiger partial charge < -0.3 is 14.5 Å². The first kappa shape index (κ1) is 21.8. The molecule has 2 aromatic carbocycles. The summed E-state index contributed by atoms with van der Waals surface area (Å²) in [4.78, 5) is 21.3. The number of para-hydroxylation sites is 1. The number of ether oxygens (including phenoxy) is 1. The molecular weight excluding hydrogens is 427 g/mol. The van der Waals surface area contributed by atoms with Gasteiger partial charge in [-0.2, -0.15) is 5.26 Å². The van der Waals surface area contributed by atoms with E-state index < -0.39 is 5.82 Å². The molecule has 0 bridgehead atoms. The predicted molar refractivity (Wildman–Crippen MR) is 122 cm³/mol. The lowest BCUT2D eigenvalue weighted by Gasteiger charge is -2.36. The van der Waals surface area contributed by atoms with Crippen LogP contribution in [0.15, 0.2) is 47.8 Å². The molecule has 0 saturated carbocycles. The number of hydrogen-bond donors (Lipinski definition) is 0. The van der Waals surface area contributed by atoms with Gasteiger partial charge in [0.15, 0.2) is 0 Å². The first-order valence-corrected chi connectivity index (χ1v) is 11.4. The quantitative estimate of drug-likeness (QED) is 0.565. The SMILES string of the molecule is CCOc1ccccc1-c1nc(CC(=O)N2CCN(c3cccc(F)c3C#N)CC2)cs1. The van der Waals surface area contributed by atoms with Crippen LogP contribution in [0.3, 0.4) is 0 Å². The van der Waals surface area contributed by atoms with Gasteiger partial charge in [-0.05, 0) is 31.2 Å². The summed E-state index contributed by atoms with van der Waals surface area (Å²) in [7, 11) is 0. The third-order valence-corrected chi connectivity index (χ3v) is 6.30. The fourth-order valence-corrected chi connectivity index (χ4v) is 4.64. The van der Waals surface area contributed by atoms with Gasteiger partial charge in [0.25, 0.3) is 0 Å². The Morgan fingerprint density at radius 3 is 2.72 bits per heavy atom. The maximum Gasteiger partial charge on any atom is 0.228 e. The first-order chi connectivity index (χ1) is 15.6. The van der Waals surface area contributed by atoms with E-state index in [4.69, 9.17) is 4.74 Å². The number of hydrogen-bond acceptors (Lipinski definition) is 6. The number of nitriles is 1. The van der Waals surface area contributed by atoms with Crippen molar-refractivity contribution in [3.63, 3.8) is 0 Å². The minimum atomic E-state index is -0.520. The Bertz CT molecular complexity index is 1150. The van der Waals surface area contributed by atoms with E-state index in [-0.39, 0.29) is 17.9 Å². The second kappa shape index (κ2) is 9.79. The van der Waals surface area contributed by atoms with Gasteiger partial charge in [-0.15, -0.1) is 11.3 Å². The number of benzene rings is 2. The molecule has 0 atom stereocenters. The summed E-state index contributed by atoms with van der Waals surface area (Å²) in [5.41, 5.74) is 2.29. The molecule has 1 amide bonds. The molecule has 4 rings (SSSR count). The number of thiazole rings is 1. The standard InChI is InChI=1S/C24H23FN4O2S/c1-2-31-22-9-4-3-6-18(22)24-27-17(16-32-24)14-23(30)29-12-10-28(11-13-29)21-8-5-7-20(25)19(21)15-26/h3-9,16H,2,10-14H2,1H3. The van der Waals surface area contributed by atoms with E-state index in [1.807, 2.05) is 47.5 Å². The molecule has 1 aromatic heterocycles. The molecule has 0 spiro atoms. The number of amides is 1. The van der Waals surface area contributed by atoms with Crippen LogP contribution < -0.4 is 9.64 Å². The van der Waals surface area contributed by atoms with Crippen LogP contribution in [0.25, 0.3) is 10.6 Å². The summed E-state index contributed by atoms with van der Waals surface area (Å²) in [5, 5.41) is 12.0. The van der Waals surface area contributed by atoms with Gasteiger partial charge in [-0.3, -0.25) is 4.79 Å². The molecule has 0 N–H and O–H groups in total. The molecule has 8 heteroatoms. The van der Waals surface area contributed by atoms with Crippen molar-refractivity contribution < 1.29 is 13.9 Å². The molecule has 0 aliphatic carbocycles. The largest absolute Gasteiger partial charge is 0.493 e. The fraction of sp³-hybridized carbons (Fsp3) is 0.292. The second-order valence-corrected chi connectivity index (χ2v) is 8.22. The van der Waals surface area contributed by atoms with Crippen LogP contribution >= 0.6 is 11.3 Å². The summed E-state index contributed by atoms with van der Waals surface area (Å²) in [6, 6.07) is 14.3. The second-order valence-electron chi connectivity index (χ2n) is 7.36. The van der Waals surface area contributed by atoms with Gasteiger partial charge >= 0.3 is 0 Å². The highest BCUT2D eigenvalue weighted by Crippen LogP contribution is 2.32. The number of piperazine rings is 1. The molecule has 0 unspecified atom stereocenters. The van der Waals surface area contributed by atoms with Crippen molar-refractivity contribution in [3.05, 3.63) is 64.9 Å². The summed E-state index contributed by atoms with van der Waals surface area (Å²) in [6.07, 6.45) is 0.233. The highest BCUT2D eigenvalue weighted by atomic mass is 32.1. The highest BCUT2D eigenvalue weighted by molar-refractivity contribution is 7.13. The van der Waals surface area contributed by atoms with Crippen LogP contribution in [-0.2, 0) is 11.2 Å². The van der Waals surface area contributed by atoms with Crippen LogP contribution in [0.1, 0.15) is 18.2 Å². The lowest BCUT2D eigenvalue weighted by molar-refractivity contribution is -0.130. The number of halogens is 1. The molecule has 2 heterocycles. The molecule has 1 fully saturated rings. The zero-order chi connectivity index (χ0) is 22.5.